The van der Waals surface area contributed by atoms with Gasteiger partial charge in [0.25, 0.3) is 0 Å². The van der Waals surface area contributed by atoms with Gasteiger partial charge in [-0.25, -0.2) is 0 Å². The molecule has 2 saturated carbocycles. The van der Waals surface area contributed by atoms with Crippen LogP contribution in [0.5, 0.6) is 0 Å². The molecule has 0 spiro atoms. The van der Waals surface area contributed by atoms with Gasteiger partial charge in [0.1, 0.15) is 0 Å². The summed E-state index contributed by atoms with van der Waals surface area (Å²) in [6.07, 6.45) is 11.2. The summed E-state index contributed by atoms with van der Waals surface area (Å²) in [5.41, 5.74) is 12.5. The third kappa shape index (κ3) is 6.22. The predicted octanol–water partition coefficient (Wildman–Crippen LogP) is 12.3. The molecule has 6 aromatic rings. The summed E-state index contributed by atoms with van der Waals surface area (Å²) in [4.78, 5) is 0. The molecule has 0 aromatic heterocycles. The minimum absolute atomic E-state index is 0. The maximum absolute atomic E-state index is 2.70. The first-order chi connectivity index (χ1) is 21.9. The van der Waals surface area contributed by atoms with Gasteiger partial charge in [-0.05, 0) is 49.9 Å². The Balaban J connectivity index is 0.00000150. The molecule has 2 aliphatic carbocycles. The van der Waals surface area contributed by atoms with Crippen molar-refractivity contribution in [3.8, 4) is 22.3 Å². The molecular formula is C46H52HfSi. The molecule has 0 amide bonds. The summed E-state index contributed by atoms with van der Waals surface area (Å²) in [5, 5.41) is 9.21. The molecule has 2 aliphatic rings. The Morgan fingerprint density at radius 2 is 0.854 bits per heavy atom. The van der Waals surface area contributed by atoms with E-state index in [2.05, 4.69) is 125 Å². The quantitative estimate of drug-likeness (QED) is 0.116. The maximum atomic E-state index is 2.70. The van der Waals surface area contributed by atoms with Crippen LogP contribution >= 0.6 is 0 Å². The van der Waals surface area contributed by atoms with Gasteiger partial charge < -0.3 is 14.9 Å². The van der Waals surface area contributed by atoms with Crippen molar-refractivity contribution < 1.29 is 25.8 Å². The molecule has 0 N–H and O–H groups in total. The molecule has 0 atom stereocenters. The Kier molecular flexibility index (Phi) is 11.1. The van der Waals surface area contributed by atoms with Crippen molar-refractivity contribution in [1.29, 1.82) is 0 Å². The second-order valence-corrected chi connectivity index (χ2v) is 19.2. The molecule has 0 bridgehead atoms. The van der Waals surface area contributed by atoms with E-state index < -0.39 is 8.07 Å². The smallest absolute Gasteiger partial charge is 0.358 e. The van der Waals surface area contributed by atoms with Crippen LogP contribution in [0.1, 0.15) is 73.6 Å². The molecule has 0 saturated heterocycles. The fourth-order valence-corrected chi connectivity index (χ4v) is 17.0. The zero-order valence-electron chi connectivity index (χ0n) is 30.0. The summed E-state index contributed by atoms with van der Waals surface area (Å²) in [5.74, 6) is 0. The van der Waals surface area contributed by atoms with E-state index in [1.807, 2.05) is 0 Å². The van der Waals surface area contributed by atoms with Crippen molar-refractivity contribution in [2.24, 2.45) is 0 Å². The molecular weight excluding hydrogens is 759 g/mol. The van der Waals surface area contributed by atoms with E-state index in [0.29, 0.717) is 0 Å². The van der Waals surface area contributed by atoms with E-state index in [1.165, 1.54) is 117 Å². The molecule has 0 unspecified atom stereocenters. The van der Waals surface area contributed by atoms with Crippen molar-refractivity contribution in [2.75, 3.05) is 0 Å². The van der Waals surface area contributed by atoms with Gasteiger partial charge in [-0.2, -0.15) is 12.1 Å². The van der Waals surface area contributed by atoms with Crippen LogP contribution in [-0.2, 0) is 25.8 Å². The van der Waals surface area contributed by atoms with Crippen molar-refractivity contribution in [3.05, 3.63) is 134 Å². The third-order valence-corrected chi connectivity index (χ3v) is 17.7. The molecule has 2 fully saturated rings. The van der Waals surface area contributed by atoms with E-state index in [1.54, 1.807) is 10.4 Å². The normalized spacial score (nSPS) is 15.4. The summed E-state index contributed by atoms with van der Waals surface area (Å²) < 4.78 is 0. The minimum Gasteiger partial charge on any atom is -0.358 e. The maximum Gasteiger partial charge on any atom is 4.00 e. The first-order valence-electron chi connectivity index (χ1n) is 17.5. The van der Waals surface area contributed by atoms with Gasteiger partial charge in [0.05, 0.1) is 8.07 Å². The largest absolute Gasteiger partial charge is 4.00 e. The number of hydrogen-bond donors (Lipinski definition) is 0. The molecule has 0 radical (unpaired) electrons. The monoisotopic (exact) mass is 812 g/mol. The van der Waals surface area contributed by atoms with E-state index in [4.69, 9.17) is 0 Å². The van der Waals surface area contributed by atoms with Gasteiger partial charge in [0.15, 0.2) is 0 Å². The van der Waals surface area contributed by atoms with Crippen LogP contribution < -0.4 is 10.4 Å². The van der Waals surface area contributed by atoms with Crippen molar-refractivity contribution in [3.63, 3.8) is 0 Å². The van der Waals surface area contributed by atoms with Crippen molar-refractivity contribution >= 4 is 40.0 Å². The summed E-state index contributed by atoms with van der Waals surface area (Å²) >= 11 is 0. The number of rotatable bonds is 6. The second kappa shape index (κ2) is 14.6. The van der Waals surface area contributed by atoms with E-state index in [0.717, 1.165) is 11.1 Å². The van der Waals surface area contributed by atoms with Gasteiger partial charge in [-0.15, -0.1) is 68.3 Å². The predicted molar refractivity (Wildman–Crippen MR) is 211 cm³/mol. The zero-order valence-corrected chi connectivity index (χ0v) is 34.6. The van der Waals surface area contributed by atoms with Crippen LogP contribution in [0.3, 0.4) is 0 Å². The summed E-state index contributed by atoms with van der Waals surface area (Å²) in [7, 11) is -2.14. The van der Waals surface area contributed by atoms with Crippen molar-refractivity contribution in [2.45, 2.75) is 90.1 Å². The van der Waals surface area contributed by atoms with Crippen molar-refractivity contribution in [1.82, 2.24) is 0 Å². The van der Waals surface area contributed by atoms with Crippen LogP contribution in [0.4, 0.5) is 0 Å². The summed E-state index contributed by atoms with van der Waals surface area (Å²) in [6, 6.07) is 38.9. The van der Waals surface area contributed by atoms with Crippen LogP contribution in [0.25, 0.3) is 43.8 Å². The molecule has 0 aliphatic heterocycles. The average molecular weight is 811 g/mol. The molecule has 48 heavy (non-hydrogen) atoms. The Labute approximate surface area is 310 Å². The minimum atomic E-state index is -2.14. The molecule has 6 aromatic carbocycles. The van der Waals surface area contributed by atoms with Gasteiger partial charge in [-0.3, -0.25) is 0 Å². The van der Waals surface area contributed by atoms with E-state index >= 15 is 0 Å². The molecule has 0 heterocycles. The van der Waals surface area contributed by atoms with Gasteiger partial charge in [0.2, 0.25) is 0 Å². The molecule has 244 valence electrons. The Morgan fingerprint density at radius 1 is 0.500 bits per heavy atom. The fourth-order valence-electron chi connectivity index (χ4n) is 9.92. The van der Waals surface area contributed by atoms with Gasteiger partial charge in [-0.1, -0.05) is 133 Å². The topological polar surface area (TPSA) is 0 Å². The van der Waals surface area contributed by atoms with Crippen LogP contribution in [-0.4, -0.2) is 8.07 Å². The van der Waals surface area contributed by atoms with E-state index in [9.17, 15) is 0 Å². The van der Waals surface area contributed by atoms with Gasteiger partial charge >= 0.3 is 25.8 Å². The first kappa shape index (κ1) is 36.5. The first-order valence-corrected chi connectivity index (χ1v) is 19.6. The average Bonchev–Trinajstić information content (AvgIpc) is 3.83. The summed E-state index contributed by atoms with van der Waals surface area (Å²) in [6.45, 7) is 8.93. The Hall–Kier alpha value is -2.81. The SMILES string of the molecule is Cc1cc(C)cc(-c2cccc3[cH-]c([Si](c4cc5c(-c6cc(C)cc(C)c6)cccc5[cH-]4)(C4CCCC4)C4CCCC4)cc23)c1.[CH3-].[CH3-].[Hf+4]. The Bertz CT molecular complexity index is 1840. The number of fused-ring (bicyclic) bond motifs is 2. The molecule has 2 heteroatoms. The molecule has 0 nitrogen and oxygen atoms in total. The standard InChI is InChI=1S/C44H46Si.2CH3.Hf/c1-29-19-30(2)22-35(21-29)41-17-9-11-33-25-39(27-43(33)41)45(37-13-5-6-14-37,38-15-7-8-16-38)40-26-34-12-10-18-42(44(34)28-40)36-23-31(3)20-32(4)24-36;;;/h9-12,17-28,37-38H,5-8,13-16H2,1-4H3;2*1H3;/q-2;2*-1;+4. The van der Waals surface area contributed by atoms with E-state index in [-0.39, 0.29) is 40.7 Å². The molecule has 8 rings (SSSR count). The third-order valence-electron chi connectivity index (χ3n) is 11.5. The second-order valence-electron chi connectivity index (χ2n) is 14.7. The van der Waals surface area contributed by atoms with Gasteiger partial charge in [0, 0.05) is 0 Å². The number of benzene rings is 4. The van der Waals surface area contributed by atoms with Crippen LogP contribution in [0, 0.1) is 42.5 Å². The zero-order chi connectivity index (χ0) is 30.7. The number of hydrogen-bond acceptors (Lipinski definition) is 0. The van der Waals surface area contributed by atoms with Crippen LogP contribution in [0.2, 0.25) is 11.1 Å². The Morgan fingerprint density at radius 3 is 1.21 bits per heavy atom. The van der Waals surface area contributed by atoms with Crippen LogP contribution in [0.15, 0.2) is 97.1 Å². The fraction of sp³-hybridized carbons (Fsp3) is 0.304. The number of aryl methyl sites for hydroxylation is 4.